The second-order valence-electron chi connectivity index (χ2n) is 9.86. The second-order valence-corrected chi connectivity index (χ2v) is 10.3. The Labute approximate surface area is 237 Å². The molecular formula is C26H26ClF4N9O. The van der Waals surface area contributed by atoms with Gasteiger partial charge in [-0.25, -0.2) is 9.37 Å². The van der Waals surface area contributed by atoms with Gasteiger partial charge in [-0.15, -0.1) is 0 Å². The summed E-state index contributed by atoms with van der Waals surface area (Å²) in [5.74, 6) is -0.390. The van der Waals surface area contributed by atoms with Crippen molar-refractivity contribution in [2.24, 2.45) is 7.05 Å². The number of halogens is 5. The van der Waals surface area contributed by atoms with Gasteiger partial charge >= 0.3 is 6.18 Å². The monoisotopic (exact) mass is 591 g/mol. The molecule has 1 fully saturated rings. The number of aromatic amines is 1. The molecule has 1 aliphatic heterocycles. The fourth-order valence-electron chi connectivity index (χ4n) is 4.97. The van der Waals surface area contributed by atoms with E-state index in [0.29, 0.717) is 29.2 Å². The first-order valence-corrected chi connectivity index (χ1v) is 13.1. The predicted octanol–water partition coefficient (Wildman–Crippen LogP) is 5.87. The van der Waals surface area contributed by atoms with Crippen molar-refractivity contribution in [3.8, 4) is 0 Å². The number of alkyl halides is 3. The van der Waals surface area contributed by atoms with Crippen molar-refractivity contribution in [3.63, 3.8) is 0 Å². The van der Waals surface area contributed by atoms with Crippen LogP contribution in [0.5, 0.6) is 0 Å². The first-order valence-electron chi connectivity index (χ1n) is 12.7. The topological polar surface area (TPSA) is 117 Å². The summed E-state index contributed by atoms with van der Waals surface area (Å²) in [6, 6.07) is 4.85. The number of amides is 1. The summed E-state index contributed by atoms with van der Waals surface area (Å²) in [4.78, 5) is 22.7. The van der Waals surface area contributed by atoms with Gasteiger partial charge in [-0.2, -0.15) is 28.4 Å². The minimum absolute atomic E-state index is 0.0709. The van der Waals surface area contributed by atoms with Crippen LogP contribution in [-0.4, -0.2) is 53.8 Å². The number of piperidine rings is 1. The van der Waals surface area contributed by atoms with Gasteiger partial charge in [-0.05, 0) is 55.9 Å². The molecule has 0 unspecified atom stereocenters. The molecular weight excluding hydrogens is 566 g/mol. The third-order valence-corrected chi connectivity index (χ3v) is 7.23. The molecule has 0 bridgehead atoms. The summed E-state index contributed by atoms with van der Waals surface area (Å²) in [5, 5.41) is 16.6. The van der Waals surface area contributed by atoms with E-state index in [2.05, 4.69) is 35.9 Å². The van der Waals surface area contributed by atoms with E-state index >= 15 is 4.39 Å². The second kappa shape index (κ2) is 11.0. The molecule has 0 atom stereocenters. The average Bonchev–Trinajstić information content (AvgIpc) is 3.52. The van der Waals surface area contributed by atoms with Gasteiger partial charge in [0.25, 0.3) is 5.91 Å². The largest absolute Gasteiger partial charge is 0.433 e. The molecule has 216 valence electrons. The van der Waals surface area contributed by atoms with E-state index in [0.717, 1.165) is 30.1 Å². The van der Waals surface area contributed by atoms with E-state index < -0.39 is 29.2 Å². The Bertz CT molecular complexity index is 1590. The van der Waals surface area contributed by atoms with Gasteiger partial charge in [0, 0.05) is 31.9 Å². The molecule has 0 radical (unpaired) electrons. The van der Waals surface area contributed by atoms with Crippen LogP contribution < -0.4 is 10.6 Å². The Morgan fingerprint density at radius 2 is 1.85 bits per heavy atom. The molecule has 3 N–H and O–H groups in total. The number of H-pyrrole nitrogens is 1. The lowest BCUT2D eigenvalue weighted by molar-refractivity contribution is -0.144. The molecule has 4 heterocycles. The van der Waals surface area contributed by atoms with Gasteiger partial charge in [-0.1, -0.05) is 11.6 Å². The van der Waals surface area contributed by atoms with Crippen molar-refractivity contribution >= 4 is 40.8 Å². The van der Waals surface area contributed by atoms with E-state index in [1.54, 1.807) is 12.1 Å². The SMILES string of the molecule is Cc1cc(Nc2nc(Nc3cc(C)c(C4CCN(C(=O)c5cnn(C)c5C(F)(F)F)CC4)cc3F)ncc2Cl)n[nH]1. The van der Waals surface area contributed by atoms with E-state index in [1.807, 2.05) is 13.8 Å². The highest BCUT2D eigenvalue weighted by Gasteiger charge is 2.40. The Morgan fingerprint density at radius 1 is 1.12 bits per heavy atom. The number of likely N-dealkylation sites (tertiary alicyclic amines) is 1. The fourth-order valence-corrected chi connectivity index (χ4v) is 5.10. The standard InChI is InChI=1S/C26H26ClF4N9O/c1-13-8-20(34-25-32-12-18(27)23(36-25)35-21-9-14(2)37-38-21)19(28)10-16(13)15-4-6-40(7-5-15)24(41)17-11-33-39(3)22(17)26(29,30)31/h8-12,15H,4-7H2,1-3H3,(H3,32,34,35,36,37,38). The van der Waals surface area contributed by atoms with Crippen LogP contribution in [0.4, 0.5) is 40.8 Å². The summed E-state index contributed by atoms with van der Waals surface area (Å²) in [6.45, 7) is 4.17. The van der Waals surface area contributed by atoms with Crippen LogP contribution in [0, 0.1) is 19.7 Å². The van der Waals surface area contributed by atoms with Gasteiger partial charge < -0.3 is 15.5 Å². The Balaban J connectivity index is 1.27. The third kappa shape index (κ3) is 5.97. The van der Waals surface area contributed by atoms with Crippen LogP contribution in [0.3, 0.4) is 0 Å². The highest BCUT2D eigenvalue weighted by Crippen LogP contribution is 2.36. The molecule has 1 amide bonds. The number of nitrogens with one attached hydrogen (secondary N) is 3. The molecule has 1 saturated heterocycles. The zero-order chi connectivity index (χ0) is 29.5. The van der Waals surface area contributed by atoms with Crippen molar-refractivity contribution in [1.82, 2.24) is 34.8 Å². The molecule has 10 nitrogen and oxygen atoms in total. The van der Waals surface area contributed by atoms with Crippen LogP contribution in [0.15, 0.2) is 30.6 Å². The van der Waals surface area contributed by atoms with Gasteiger partial charge in [0.15, 0.2) is 17.3 Å². The third-order valence-electron chi connectivity index (χ3n) is 6.96. The molecule has 1 aromatic carbocycles. The molecule has 0 spiro atoms. The van der Waals surface area contributed by atoms with Crippen LogP contribution >= 0.6 is 11.6 Å². The molecule has 5 rings (SSSR count). The number of aryl methyl sites for hydroxylation is 3. The lowest BCUT2D eigenvalue weighted by Gasteiger charge is -2.33. The van der Waals surface area contributed by atoms with Gasteiger partial charge in [0.2, 0.25) is 5.95 Å². The highest BCUT2D eigenvalue weighted by molar-refractivity contribution is 6.32. The lowest BCUT2D eigenvalue weighted by atomic mass is 9.86. The van der Waals surface area contributed by atoms with E-state index in [-0.39, 0.29) is 35.7 Å². The van der Waals surface area contributed by atoms with E-state index in [9.17, 15) is 18.0 Å². The molecule has 4 aromatic rings. The Hall–Kier alpha value is -4.20. The van der Waals surface area contributed by atoms with E-state index in [1.165, 1.54) is 17.2 Å². The number of rotatable bonds is 6. The summed E-state index contributed by atoms with van der Waals surface area (Å²) in [6.07, 6.45) is -1.42. The van der Waals surface area contributed by atoms with Gasteiger partial charge in [0.1, 0.15) is 10.8 Å². The Morgan fingerprint density at radius 3 is 2.51 bits per heavy atom. The number of carbonyl (C=O) groups is 1. The number of benzene rings is 1. The Kier molecular flexibility index (Phi) is 7.60. The number of nitrogens with zero attached hydrogens (tertiary/aromatic N) is 6. The summed E-state index contributed by atoms with van der Waals surface area (Å²) < 4.78 is 56.2. The number of hydrogen-bond donors (Lipinski definition) is 3. The zero-order valence-corrected chi connectivity index (χ0v) is 23.0. The molecule has 1 aliphatic rings. The van der Waals surface area contributed by atoms with Crippen LogP contribution in [0.1, 0.15) is 51.6 Å². The maximum absolute atomic E-state index is 15.2. The molecule has 0 aliphatic carbocycles. The predicted molar refractivity (Wildman–Crippen MR) is 144 cm³/mol. The lowest BCUT2D eigenvalue weighted by Crippen LogP contribution is -2.38. The minimum atomic E-state index is -4.70. The first-order chi connectivity index (χ1) is 19.4. The minimum Gasteiger partial charge on any atom is -0.338 e. The zero-order valence-electron chi connectivity index (χ0n) is 22.3. The van der Waals surface area contributed by atoms with Crippen LogP contribution in [-0.2, 0) is 13.2 Å². The maximum Gasteiger partial charge on any atom is 0.433 e. The van der Waals surface area contributed by atoms with Crippen LogP contribution in [0.2, 0.25) is 5.02 Å². The van der Waals surface area contributed by atoms with Crippen LogP contribution in [0.25, 0.3) is 0 Å². The number of aromatic nitrogens is 6. The summed E-state index contributed by atoms with van der Waals surface area (Å²) in [5.41, 5.74) is 1.04. The molecule has 15 heteroatoms. The summed E-state index contributed by atoms with van der Waals surface area (Å²) >= 11 is 6.21. The maximum atomic E-state index is 15.2. The quantitative estimate of drug-likeness (QED) is 0.240. The first kappa shape index (κ1) is 28.3. The van der Waals surface area contributed by atoms with Crippen molar-refractivity contribution in [2.45, 2.75) is 38.8 Å². The highest BCUT2D eigenvalue weighted by atomic mass is 35.5. The van der Waals surface area contributed by atoms with Crippen molar-refractivity contribution in [1.29, 1.82) is 0 Å². The summed E-state index contributed by atoms with van der Waals surface area (Å²) in [7, 11) is 1.15. The fraction of sp³-hybridized carbons (Fsp3) is 0.346. The number of anilines is 4. The molecule has 3 aromatic heterocycles. The number of carbonyl (C=O) groups excluding carboxylic acids is 1. The van der Waals surface area contributed by atoms with Crippen molar-refractivity contribution in [2.75, 3.05) is 23.7 Å². The van der Waals surface area contributed by atoms with Gasteiger partial charge in [0.05, 0.1) is 23.6 Å². The van der Waals surface area contributed by atoms with Crippen molar-refractivity contribution in [3.05, 3.63) is 69.5 Å². The normalized spacial score (nSPS) is 14.4. The smallest absolute Gasteiger partial charge is 0.338 e. The molecule has 0 saturated carbocycles. The average molecular weight is 592 g/mol. The van der Waals surface area contributed by atoms with Crippen molar-refractivity contribution < 1.29 is 22.4 Å². The number of hydrogen-bond acceptors (Lipinski definition) is 7. The van der Waals surface area contributed by atoms with Gasteiger partial charge in [-0.3, -0.25) is 14.6 Å². The van der Waals surface area contributed by atoms with E-state index in [4.69, 9.17) is 11.6 Å². The molecule has 41 heavy (non-hydrogen) atoms.